The summed E-state index contributed by atoms with van der Waals surface area (Å²) in [4.78, 5) is 0.347. The van der Waals surface area contributed by atoms with Crippen molar-refractivity contribution in [3.05, 3.63) is 28.8 Å². The standard InChI is InChI=1S/C15H21ClN2O2S/c1-11-6-7-12(16)10-15(11)21(19,20)18-9-3-5-14(18)13-4-2-8-17-13/h6-7,10,13-14,17H,2-5,8-9H2,1H3. The molecule has 2 aliphatic rings. The summed E-state index contributed by atoms with van der Waals surface area (Å²) in [6, 6.07) is 5.45. The molecule has 4 nitrogen and oxygen atoms in total. The summed E-state index contributed by atoms with van der Waals surface area (Å²) in [5.74, 6) is 0. The molecule has 3 rings (SSSR count). The highest BCUT2D eigenvalue weighted by Gasteiger charge is 2.40. The third kappa shape index (κ3) is 2.84. The van der Waals surface area contributed by atoms with Gasteiger partial charge in [-0.25, -0.2) is 8.42 Å². The average Bonchev–Trinajstić information content (AvgIpc) is 3.10. The van der Waals surface area contributed by atoms with Gasteiger partial charge in [0.2, 0.25) is 10.0 Å². The molecule has 2 unspecified atom stereocenters. The number of nitrogens with zero attached hydrogens (tertiary/aromatic N) is 1. The lowest BCUT2D eigenvalue weighted by Gasteiger charge is -2.29. The van der Waals surface area contributed by atoms with E-state index in [1.807, 2.05) is 6.92 Å². The second kappa shape index (κ2) is 5.88. The molecule has 1 aromatic rings. The van der Waals surface area contributed by atoms with E-state index in [0.717, 1.165) is 37.8 Å². The van der Waals surface area contributed by atoms with E-state index in [1.54, 1.807) is 22.5 Å². The van der Waals surface area contributed by atoms with E-state index < -0.39 is 10.0 Å². The van der Waals surface area contributed by atoms with Crippen LogP contribution in [0.5, 0.6) is 0 Å². The van der Waals surface area contributed by atoms with Crippen LogP contribution >= 0.6 is 11.6 Å². The third-order valence-corrected chi connectivity index (χ3v) is 6.85. The largest absolute Gasteiger partial charge is 0.312 e. The van der Waals surface area contributed by atoms with Crippen LogP contribution in [0, 0.1) is 6.92 Å². The minimum absolute atomic E-state index is 0.0795. The fourth-order valence-corrected chi connectivity index (χ4v) is 5.70. The molecule has 21 heavy (non-hydrogen) atoms. The Balaban J connectivity index is 1.95. The van der Waals surface area contributed by atoms with E-state index in [4.69, 9.17) is 11.6 Å². The number of sulfonamides is 1. The number of rotatable bonds is 3. The lowest BCUT2D eigenvalue weighted by molar-refractivity contribution is 0.322. The molecule has 2 heterocycles. The van der Waals surface area contributed by atoms with E-state index in [0.29, 0.717) is 22.5 Å². The highest BCUT2D eigenvalue weighted by atomic mass is 35.5. The Bertz CT molecular complexity index is 627. The highest BCUT2D eigenvalue weighted by molar-refractivity contribution is 7.89. The maximum atomic E-state index is 13.0. The van der Waals surface area contributed by atoms with Crippen molar-refractivity contribution in [3.8, 4) is 0 Å². The first-order valence-electron chi connectivity index (χ1n) is 7.51. The highest BCUT2D eigenvalue weighted by Crippen LogP contribution is 2.32. The molecule has 0 bridgehead atoms. The number of hydrogen-bond acceptors (Lipinski definition) is 3. The smallest absolute Gasteiger partial charge is 0.243 e. The van der Waals surface area contributed by atoms with Crippen LogP contribution in [0.2, 0.25) is 5.02 Å². The number of aryl methyl sites for hydroxylation is 1. The molecule has 0 amide bonds. The summed E-state index contributed by atoms with van der Waals surface area (Å²) in [7, 11) is -3.47. The van der Waals surface area contributed by atoms with Crippen LogP contribution < -0.4 is 5.32 Å². The van der Waals surface area contributed by atoms with Crippen LogP contribution in [0.25, 0.3) is 0 Å². The zero-order valence-corrected chi connectivity index (χ0v) is 13.8. The van der Waals surface area contributed by atoms with E-state index in [-0.39, 0.29) is 6.04 Å². The van der Waals surface area contributed by atoms with Crippen LogP contribution in [0.1, 0.15) is 31.2 Å². The van der Waals surface area contributed by atoms with Crippen molar-refractivity contribution in [2.75, 3.05) is 13.1 Å². The molecule has 1 N–H and O–H groups in total. The molecule has 0 saturated carbocycles. The predicted octanol–water partition coefficient (Wildman–Crippen LogP) is 2.55. The van der Waals surface area contributed by atoms with Gasteiger partial charge in [0, 0.05) is 23.7 Å². The number of hydrogen-bond donors (Lipinski definition) is 1. The van der Waals surface area contributed by atoms with Crippen molar-refractivity contribution < 1.29 is 8.42 Å². The first-order chi connectivity index (χ1) is 10.00. The summed E-state index contributed by atoms with van der Waals surface area (Å²) in [5, 5.41) is 3.91. The number of halogens is 1. The summed E-state index contributed by atoms with van der Waals surface area (Å²) < 4.78 is 27.7. The van der Waals surface area contributed by atoms with Gasteiger partial charge in [0.05, 0.1) is 4.90 Å². The van der Waals surface area contributed by atoms with Crippen molar-refractivity contribution in [3.63, 3.8) is 0 Å². The van der Waals surface area contributed by atoms with E-state index in [1.165, 1.54) is 0 Å². The first-order valence-corrected chi connectivity index (χ1v) is 9.33. The van der Waals surface area contributed by atoms with E-state index in [9.17, 15) is 8.42 Å². The summed E-state index contributed by atoms with van der Waals surface area (Å²) in [5.41, 5.74) is 0.754. The summed E-state index contributed by atoms with van der Waals surface area (Å²) in [6.45, 7) is 3.42. The monoisotopic (exact) mass is 328 g/mol. The second-order valence-corrected chi connectivity index (χ2v) is 8.23. The van der Waals surface area contributed by atoms with Gasteiger partial charge in [-0.05, 0) is 56.8 Å². The Morgan fingerprint density at radius 2 is 2.10 bits per heavy atom. The minimum Gasteiger partial charge on any atom is -0.312 e. The molecule has 0 aliphatic carbocycles. The van der Waals surface area contributed by atoms with Crippen molar-refractivity contribution in [1.82, 2.24) is 9.62 Å². The molecule has 0 radical (unpaired) electrons. The molecule has 2 atom stereocenters. The maximum Gasteiger partial charge on any atom is 0.243 e. The molecule has 116 valence electrons. The number of nitrogens with one attached hydrogen (secondary N) is 1. The van der Waals surface area contributed by atoms with Crippen molar-refractivity contribution in [1.29, 1.82) is 0 Å². The topological polar surface area (TPSA) is 49.4 Å². The van der Waals surface area contributed by atoms with Gasteiger partial charge in [0.25, 0.3) is 0 Å². The molecule has 1 aromatic carbocycles. The molecular formula is C15H21ClN2O2S. The predicted molar refractivity (Wildman–Crippen MR) is 84.1 cm³/mol. The van der Waals surface area contributed by atoms with E-state index in [2.05, 4.69) is 5.32 Å². The van der Waals surface area contributed by atoms with Gasteiger partial charge < -0.3 is 5.32 Å². The van der Waals surface area contributed by atoms with Gasteiger partial charge in [-0.2, -0.15) is 4.31 Å². The Hall–Kier alpha value is -0.620. The van der Waals surface area contributed by atoms with Crippen LogP contribution in [-0.2, 0) is 10.0 Å². The lowest BCUT2D eigenvalue weighted by atomic mass is 10.1. The van der Waals surface area contributed by atoms with Crippen molar-refractivity contribution in [2.24, 2.45) is 0 Å². The van der Waals surface area contributed by atoms with Gasteiger partial charge >= 0.3 is 0 Å². The Labute approximate surface area is 131 Å². The van der Waals surface area contributed by atoms with Gasteiger partial charge in [0.15, 0.2) is 0 Å². The molecular weight excluding hydrogens is 308 g/mol. The lowest BCUT2D eigenvalue weighted by Crippen LogP contribution is -2.46. The number of benzene rings is 1. The summed E-state index contributed by atoms with van der Waals surface area (Å²) >= 11 is 6.00. The third-order valence-electron chi connectivity index (χ3n) is 4.55. The minimum atomic E-state index is -3.47. The van der Waals surface area contributed by atoms with E-state index >= 15 is 0 Å². The zero-order chi connectivity index (χ0) is 15.0. The molecule has 2 saturated heterocycles. The van der Waals surface area contributed by atoms with Crippen LogP contribution in [0.4, 0.5) is 0 Å². The van der Waals surface area contributed by atoms with Crippen LogP contribution in [0.15, 0.2) is 23.1 Å². The van der Waals surface area contributed by atoms with Crippen LogP contribution in [-0.4, -0.2) is 37.9 Å². The Kier molecular flexibility index (Phi) is 4.28. The molecule has 2 aliphatic heterocycles. The normalized spacial score (nSPS) is 27.3. The van der Waals surface area contributed by atoms with Gasteiger partial charge in [-0.1, -0.05) is 17.7 Å². The van der Waals surface area contributed by atoms with Crippen molar-refractivity contribution in [2.45, 2.75) is 49.6 Å². The zero-order valence-electron chi connectivity index (χ0n) is 12.2. The van der Waals surface area contributed by atoms with Crippen molar-refractivity contribution >= 4 is 21.6 Å². The SMILES string of the molecule is Cc1ccc(Cl)cc1S(=O)(=O)N1CCCC1C1CCCN1. The fourth-order valence-electron chi connectivity index (χ4n) is 3.48. The van der Waals surface area contributed by atoms with Crippen LogP contribution in [0.3, 0.4) is 0 Å². The first kappa shape index (κ1) is 15.3. The van der Waals surface area contributed by atoms with Gasteiger partial charge in [0.1, 0.15) is 0 Å². The average molecular weight is 329 g/mol. The van der Waals surface area contributed by atoms with Gasteiger partial charge in [-0.3, -0.25) is 0 Å². The second-order valence-electron chi connectivity index (χ2n) is 5.94. The van der Waals surface area contributed by atoms with Gasteiger partial charge in [-0.15, -0.1) is 0 Å². The molecule has 2 fully saturated rings. The molecule has 0 aromatic heterocycles. The Morgan fingerprint density at radius 1 is 1.29 bits per heavy atom. The molecule has 0 spiro atoms. The molecule has 6 heteroatoms. The Morgan fingerprint density at radius 3 is 2.81 bits per heavy atom. The quantitative estimate of drug-likeness (QED) is 0.927. The maximum absolute atomic E-state index is 13.0. The fraction of sp³-hybridized carbons (Fsp3) is 0.600. The summed E-state index contributed by atoms with van der Waals surface area (Å²) in [6.07, 6.45) is 4.06.